The van der Waals surface area contributed by atoms with Gasteiger partial charge in [-0.05, 0) is 45.2 Å². The second kappa shape index (κ2) is 20.0. The van der Waals surface area contributed by atoms with Crippen molar-refractivity contribution in [2.24, 2.45) is 0 Å². The second-order valence-corrected chi connectivity index (χ2v) is 14.5. The maximum atomic E-state index is 14.0. The molecule has 5 rings (SSSR count). The molecule has 0 spiro atoms. The van der Waals surface area contributed by atoms with Crippen LogP contribution in [0.15, 0.2) is 127 Å². The van der Waals surface area contributed by atoms with E-state index in [1.165, 1.54) is 31.3 Å². The molecule has 0 heterocycles. The minimum absolute atomic E-state index is 0.00706. The van der Waals surface area contributed by atoms with Gasteiger partial charge in [0.1, 0.15) is 23.9 Å². The van der Waals surface area contributed by atoms with Gasteiger partial charge in [-0.15, -0.1) is 0 Å². The van der Waals surface area contributed by atoms with Crippen LogP contribution in [0.3, 0.4) is 0 Å². The van der Waals surface area contributed by atoms with E-state index in [1.54, 1.807) is 54.6 Å². The number of benzene rings is 5. The zero-order valence-corrected chi connectivity index (χ0v) is 32.0. The first kappa shape index (κ1) is 41.8. The zero-order chi connectivity index (χ0) is 40.8. The first-order valence-corrected chi connectivity index (χ1v) is 19.7. The van der Waals surface area contributed by atoms with E-state index in [2.05, 4.69) is 31.1 Å². The van der Waals surface area contributed by atoms with Crippen LogP contribution in [0.2, 0.25) is 0 Å². The molecule has 296 valence electrons. The number of fused-ring (bicyclic) bond motifs is 1. The number of likely N-dealkylation sites (N-methyl/N-ethyl adjacent to an activating group) is 1. The van der Waals surface area contributed by atoms with Gasteiger partial charge in [0.25, 0.3) is 0 Å². The Morgan fingerprint density at radius 1 is 0.561 bits per heavy atom. The number of hydrogen-bond acceptors (Lipinski definition) is 7. The fourth-order valence-corrected chi connectivity index (χ4v) is 6.52. The van der Waals surface area contributed by atoms with Gasteiger partial charge in [-0.25, -0.2) is 4.57 Å². The monoisotopic (exact) mass is 793 g/mol. The Kier molecular flexibility index (Phi) is 14.7. The summed E-state index contributed by atoms with van der Waals surface area (Å²) in [6.45, 7) is -0.390. The van der Waals surface area contributed by atoms with Crippen LogP contribution in [0.4, 0.5) is 0 Å². The maximum Gasteiger partial charge on any atom is 0.524 e. The molecule has 7 N–H and O–H groups in total. The predicted octanol–water partition coefficient (Wildman–Crippen LogP) is 2.90. The van der Waals surface area contributed by atoms with Gasteiger partial charge in [0.2, 0.25) is 29.5 Å². The quantitative estimate of drug-likeness (QED) is 0.0650. The fourth-order valence-electron chi connectivity index (χ4n) is 6.13. The van der Waals surface area contributed by atoms with Crippen LogP contribution in [0.5, 0.6) is 5.75 Å². The van der Waals surface area contributed by atoms with Crippen molar-refractivity contribution < 1.29 is 42.8 Å². The smallest absolute Gasteiger partial charge is 0.404 e. The SMILES string of the molecule is CNC(=O)[C@H](Cc1ccc(OP(=O)(O)O)cc1)NC(=O)[C@H](Cc1ccccc1)NC(=O)[C@H](Cc1ccccc1)NC(=O)CNC(=O)Cc1ccc2ccccc2c1. The van der Waals surface area contributed by atoms with Gasteiger partial charge in [-0.1, -0.05) is 115 Å². The second-order valence-electron chi connectivity index (χ2n) is 13.3. The number of phosphoric acid groups is 1. The Morgan fingerprint density at radius 3 is 1.58 bits per heavy atom. The van der Waals surface area contributed by atoms with Crippen molar-refractivity contribution in [3.8, 4) is 5.75 Å². The van der Waals surface area contributed by atoms with Crippen molar-refractivity contribution in [2.45, 2.75) is 43.8 Å². The lowest BCUT2D eigenvalue weighted by Crippen LogP contribution is -2.58. The summed E-state index contributed by atoms with van der Waals surface area (Å²) in [4.78, 5) is 85.2. The number of nitrogens with one attached hydrogen (secondary N) is 5. The summed E-state index contributed by atoms with van der Waals surface area (Å²) in [7, 11) is -3.37. The Bertz CT molecular complexity index is 2220. The van der Waals surface area contributed by atoms with Crippen LogP contribution < -0.4 is 31.1 Å². The molecule has 5 amide bonds. The van der Waals surface area contributed by atoms with Crippen LogP contribution in [0.25, 0.3) is 10.8 Å². The van der Waals surface area contributed by atoms with Crippen molar-refractivity contribution in [3.05, 3.63) is 150 Å². The van der Waals surface area contributed by atoms with Crippen molar-refractivity contribution >= 4 is 48.1 Å². The lowest BCUT2D eigenvalue weighted by atomic mass is 10.0. The molecule has 0 aromatic heterocycles. The average Bonchev–Trinajstić information content (AvgIpc) is 3.19. The van der Waals surface area contributed by atoms with Crippen molar-refractivity contribution in [2.75, 3.05) is 13.6 Å². The van der Waals surface area contributed by atoms with Gasteiger partial charge in [0, 0.05) is 26.3 Å². The van der Waals surface area contributed by atoms with E-state index in [4.69, 9.17) is 9.79 Å². The van der Waals surface area contributed by atoms with E-state index >= 15 is 0 Å². The number of phosphoric ester groups is 1. The van der Waals surface area contributed by atoms with Crippen LogP contribution >= 0.6 is 7.82 Å². The molecular formula is C42H44N5O9P. The van der Waals surface area contributed by atoms with Gasteiger partial charge in [0.15, 0.2) is 0 Å². The van der Waals surface area contributed by atoms with E-state index in [9.17, 15) is 28.5 Å². The van der Waals surface area contributed by atoms with Crippen molar-refractivity contribution in [3.63, 3.8) is 0 Å². The summed E-state index contributed by atoms with van der Waals surface area (Å²) in [6, 6.07) is 33.6. The Balaban J connectivity index is 1.28. The third-order valence-electron chi connectivity index (χ3n) is 8.94. The Morgan fingerprint density at radius 2 is 1.04 bits per heavy atom. The van der Waals surface area contributed by atoms with E-state index in [0.717, 1.165) is 21.9 Å². The normalized spacial score (nSPS) is 12.7. The standard InChI is InChI=1S/C42H44N5O9P/c1-43-40(50)35(25-30-17-20-34(21-18-30)56-57(53,54)55)46-42(52)37(24-29-12-6-3-7-13-29)47-41(51)36(23-28-10-4-2-5-11-28)45-39(49)27-44-38(48)26-31-16-19-32-14-8-9-15-33(32)22-31/h2-22,35-37H,23-27H2,1H3,(H,43,50)(H,44,48)(H,45,49)(H,46,52)(H,47,51)(H2,53,54,55)/t35-,36-,37-/m0/s1. The number of hydrogen-bond donors (Lipinski definition) is 7. The number of carbonyl (C=O) groups is 5. The topological polar surface area (TPSA) is 212 Å². The zero-order valence-electron chi connectivity index (χ0n) is 31.1. The number of amides is 5. The van der Waals surface area contributed by atoms with Gasteiger partial charge in [0.05, 0.1) is 13.0 Å². The summed E-state index contributed by atoms with van der Waals surface area (Å²) in [6.07, 6.45) is 0.165. The first-order chi connectivity index (χ1) is 27.3. The summed E-state index contributed by atoms with van der Waals surface area (Å²) < 4.78 is 15.8. The highest BCUT2D eigenvalue weighted by atomic mass is 31.2. The molecule has 0 saturated carbocycles. The third kappa shape index (κ3) is 13.4. The Labute approximate surface area is 329 Å². The fraction of sp³-hybridized carbons (Fsp3) is 0.214. The minimum atomic E-state index is -4.78. The lowest BCUT2D eigenvalue weighted by molar-refractivity contribution is -0.133. The van der Waals surface area contributed by atoms with E-state index in [-0.39, 0.29) is 43.9 Å². The van der Waals surface area contributed by atoms with E-state index in [0.29, 0.717) is 11.1 Å². The molecule has 0 saturated heterocycles. The highest BCUT2D eigenvalue weighted by Crippen LogP contribution is 2.37. The molecule has 0 bridgehead atoms. The highest BCUT2D eigenvalue weighted by molar-refractivity contribution is 7.46. The average molecular weight is 794 g/mol. The van der Waals surface area contributed by atoms with Gasteiger partial charge < -0.3 is 31.1 Å². The molecule has 5 aromatic carbocycles. The number of rotatable bonds is 18. The predicted molar refractivity (Wildman–Crippen MR) is 214 cm³/mol. The molecule has 0 aliphatic carbocycles. The number of carbonyl (C=O) groups excluding carboxylic acids is 5. The van der Waals surface area contributed by atoms with Crippen LogP contribution in [0, 0.1) is 0 Å². The molecule has 57 heavy (non-hydrogen) atoms. The van der Waals surface area contributed by atoms with Crippen LogP contribution in [-0.2, 0) is 54.2 Å². The molecule has 0 unspecified atom stereocenters. The molecular weight excluding hydrogens is 749 g/mol. The summed E-state index contributed by atoms with van der Waals surface area (Å²) in [5, 5.41) is 15.4. The molecule has 0 fully saturated rings. The highest BCUT2D eigenvalue weighted by Gasteiger charge is 2.30. The van der Waals surface area contributed by atoms with Gasteiger partial charge >= 0.3 is 7.82 Å². The van der Waals surface area contributed by atoms with Crippen LogP contribution in [-0.4, -0.2) is 71.0 Å². The molecule has 0 radical (unpaired) electrons. The summed E-state index contributed by atoms with van der Waals surface area (Å²) in [5.74, 6) is -2.94. The molecule has 14 nitrogen and oxygen atoms in total. The van der Waals surface area contributed by atoms with Crippen LogP contribution in [0.1, 0.15) is 22.3 Å². The Hall–Kier alpha value is -6.34. The van der Waals surface area contributed by atoms with Gasteiger partial charge in [-0.3, -0.25) is 33.8 Å². The molecule has 3 atom stereocenters. The van der Waals surface area contributed by atoms with Crippen molar-refractivity contribution in [1.29, 1.82) is 0 Å². The van der Waals surface area contributed by atoms with E-state index in [1.807, 2.05) is 48.5 Å². The molecule has 0 aliphatic heterocycles. The largest absolute Gasteiger partial charge is 0.524 e. The molecule has 0 aliphatic rings. The molecule has 5 aromatic rings. The minimum Gasteiger partial charge on any atom is -0.404 e. The van der Waals surface area contributed by atoms with E-state index < -0.39 is 49.6 Å². The summed E-state index contributed by atoms with van der Waals surface area (Å²) in [5.41, 5.74) is 2.77. The van der Waals surface area contributed by atoms with Gasteiger partial charge in [-0.2, -0.15) is 0 Å². The third-order valence-corrected chi connectivity index (χ3v) is 9.39. The lowest BCUT2D eigenvalue weighted by Gasteiger charge is -2.25. The maximum absolute atomic E-state index is 14.0. The van der Waals surface area contributed by atoms with Crippen molar-refractivity contribution in [1.82, 2.24) is 26.6 Å². The first-order valence-electron chi connectivity index (χ1n) is 18.1. The summed E-state index contributed by atoms with van der Waals surface area (Å²) >= 11 is 0. The molecule has 15 heteroatoms.